The number of benzene rings is 2. The highest BCUT2D eigenvalue weighted by molar-refractivity contribution is 5.74. The van der Waals surface area contributed by atoms with Gasteiger partial charge < -0.3 is 29.4 Å². The van der Waals surface area contributed by atoms with Crippen molar-refractivity contribution < 1.29 is 28.2 Å². The van der Waals surface area contributed by atoms with Gasteiger partial charge in [-0.2, -0.15) is 8.78 Å². The van der Waals surface area contributed by atoms with Crippen LogP contribution >= 0.6 is 0 Å². The molecule has 2 fully saturated rings. The molecule has 0 unspecified atom stereocenters. The minimum Gasteiger partial charge on any atom is -0.508 e. The number of carbonyl (C=O) groups excluding carboxylic acids is 2. The fourth-order valence-electron chi connectivity index (χ4n) is 4.06. The molecule has 4 rings (SSSR count). The third-order valence-electron chi connectivity index (χ3n) is 6.09. The van der Waals surface area contributed by atoms with Gasteiger partial charge in [-0.15, -0.1) is 0 Å². The molecule has 190 valence electrons. The summed E-state index contributed by atoms with van der Waals surface area (Å²) < 4.78 is 28.3. The first-order valence-corrected chi connectivity index (χ1v) is 11.6. The molecule has 2 aromatic carbocycles. The van der Waals surface area contributed by atoms with E-state index >= 15 is 0 Å². The predicted molar refractivity (Wildman–Crippen MR) is 130 cm³/mol. The Balaban J connectivity index is 0.000000198. The van der Waals surface area contributed by atoms with Gasteiger partial charge in [0.25, 0.3) is 0 Å². The lowest BCUT2D eigenvalue weighted by Gasteiger charge is -2.35. The predicted octanol–water partition coefficient (Wildman–Crippen LogP) is 3.02. The minimum atomic E-state index is -2.80. The van der Waals surface area contributed by atoms with Crippen molar-refractivity contribution in [3.05, 3.63) is 48.5 Å². The van der Waals surface area contributed by atoms with Crippen LogP contribution < -0.4 is 14.5 Å². The molecule has 0 radical (unpaired) electrons. The molecule has 2 aliphatic rings. The van der Waals surface area contributed by atoms with Crippen LogP contribution in [0.3, 0.4) is 0 Å². The van der Waals surface area contributed by atoms with E-state index in [1.54, 1.807) is 43.0 Å². The maximum absolute atomic E-state index is 12.0. The van der Waals surface area contributed by atoms with Crippen molar-refractivity contribution in [1.29, 1.82) is 0 Å². The third kappa shape index (κ3) is 7.73. The zero-order chi connectivity index (χ0) is 25.4. The lowest BCUT2D eigenvalue weighted by atomic mass is 10.2. The fourth-order valence-corrected chi connectivity index (χ4v) is 4.06. The molecule has 1 N–H and O–H groups in total. The molecule has 10 heteroatoms. The Morgan fingerprint density at radius 1 is 0.714 bits per heavy atom. The molecule has 35 heavy (non-hydrogen) atoms. The topological polar surface area (TPSA) is 76.6 Å². The smallest absolute Gasteiger partial charge is 0.387 e. The second-order valence-electron chi connectivity index (χ2n) is 8.38. The number of rotatable bonds is 4. The number of phenolic OH excluding ortho intramolecular Hbond substituents is 1. The van der Waals surface area contributed by atoms with Crippen LogP contribution in [0.5, 0.6) is 11.5 Å². The van der Waals surface area contributed by atoms with Gasteiger partial charge in [0.2, 0.25) is 11.8 Å². The quantitative estimate of drug-likeness (QED) is 0.710. The lowest BCUT2D eigenvalue weighted by molar-refractivity contribution is -0.129. The zero-order valence-electron chi connectivity index (χ0n) is 20.1. The molecular weight excluding hydrogens is 458 g/mol. The summed E-state index contributed by atoms with van der Waals surface area (Å²) >= 11 is 0. The van der Waals surface area contributed by atoms with E-state index in [4.69, 9.17) is 0 Å². The van der Waals surface area contributed by atoms with Gasteiger partial charge in [0, 0.05) is 77.6 Å². The largest absolute Gasteiger partial charge is 0.508 e. The van der Waals surface area contributed by atoms with Gasteiger partial charge in [0.1, 0.15) is 11.5 Å². The summed E-state index contributed by atoms with van der Waals surface area (Å²) in [5.74, 6) is 0.665. The van der Waals surface area contributed by atoms with Crippen molar-refractivity contribution in [2.45, 2.75) is 20.5 Å². The molecule has 2 aromatic rings. The van der Waals surface area contributed by atoms with Crippen LogP contribution in [-0.2, 0) is 9.59 Å². The van der Waals surface area contributed by atoms with Gasteiger partial charge in [-0.25, -0.2) is 0 Å². The molecule has 0 aliphatic carbocycles. The number of ether oxygens (including phenoxy) is 1. The maximum Gasteiger partial charge on any atom is 0.387 e. The number of aromatic hydroxyl groups is 1. The van der Waals surface area contributed by atoms with Crippen LogP contribution in [-0.4, -0.2) is 85.7 Å². The van der Waals surface area contributed by atoms with E-state index in [2.05, 4.69) is 14.5 Å². The summed E-state index contributed by atoms with van der Waals surface area (Å²) in [7, 11) is 0. The van der Waals surface area contributed by atoms with E-state index in [9.17, 15) is 23.5 Å². The number of nitrogens with zero attached hydrogens (tertiary/aromatic N) is 4. The second kappa shape index (κ2) is 12.2. The summed E-state index contributed by atoms with van der Waals surface area (Å²) in [6.45, 7) is 6.48. The highest BCUT2D eigenvalue weighted by Gasteiger charge is 2.19. The monoisotopic (exact) mass is 490 g/mol. The van der Waals surface area contributed by atoms with Crippen LogP contribution in [0.1, 0.15) is 13.8 Å². The first kappa shape index (κ1) is 26.1. The first-order chi connectivity index (χ1) is 16.7. The summed E-state index contributed by atoms with van der Waals surface area (Å²) in [5.41, 5.74) is 2.05. The summed E-state index contributed by atoms with van der Waals surface area (Å²) in [6, 6.07) is 13.7. The van der Waals surface area contributed by atoms with Crippen LogP contribution in [0, 0.1) is 0 Å². The Morgan fingerprint density at radius 3 is 1.43 bits per heavy atom. The fraction of sp³-hybridized carbons (Fsp3) is 0.440. The highest BCUT2D eigenvalue weighted by atomic mass is 19.3. The van der Waals surface area contributed by atoms with Gasteiger partial charge in [0.15, 0.2) is 0 Å². The van der Waals surface area contributed by atoms with Crippen molar-refractivity contribution in [3.8, 4) is 11.5 Å². The number of alkyl halides is 2. The van der Waals surface area contributed by atoms with Gasteiger partial charge in [-0.05, 0) is 48.5 Å². The summed E-state index contributed by atoms with van der Waals surface area (Å²) in [6.07, 6.45) is 0. The Bertz CT molecular complexity index is 956. The van der Waals surface area contributed by atoms with Gasteiger partial charge in [0.05, 0.1) is 0 Å². The van der Waals surface area contributed by atoms with E-state index in [0.29, 0.717) is 13.1 Å². The average Bonchev–Trinajstić information content (AvgIpc) is 2.85. The molecular formula is C25H32F2N4O4. The van der Waals surface area contributed by atoms with Gasteiger partial charge >= 0.3 is 6.61 Å². The molecule has 0 spiro atoms. The molecule has 0 atom stereocenters. The van der Waals surface area contributed by atoms with E-state index < -0.39 is 6.61 Å². The molecule has 2 aliphatic heterocycles. The van der Waals surface area contributed by atoms with Crippen LogP contribution in [0.4, 0.5) is 20.2 Å². The van der Waals surface area contributed by atoms with E-state index in [1.165, 1.54) is 12.1 Å². The standard InChI is InChI=1S/C13H16F2N2O2.C12H16N2O2/c1-10(18)16-6-8-17(9-7-16)11-2-4-12(5-3-11)19-13(14)15;1-10(15)13-6-8-14(9-7-13)11-2-4-12(16)5-3-11/h2-5,13H,6-9H2,1H3;2-5,16H,6-9H2,1H3. The summed E-state index contributed by atoms with van der Waals surface area (Å²) in [4.78, 5) is 30.4. The zero-order valence-corrected chi connectivity index (χ0v) is 20.1. The van der Waals surface area contributed by atoms with Crippen LogP contribution in [0.2, 0.25) is 0 Å². The second-order valence-corrected chi connectivity index (χ2v) is 8.38. The number of carbonyl (C=O) groups is 2. The van der Waals surface area contributed by atoms with Gasteiger partial charge in [-0.1, -0.05) is 0 Å². The molecule has 0 bridgehead atoms. The number of amides is 2. The number of piperazine rings is 2. The summed E-state index contributed by atoms with van der Waals surface area (Å²) in [5, 5.41) is 9.20. The Hall–Kier alpha value is -3.56. The minimum absolute atomic E-state index is 0.0836. The first-order valence-electron chi connectivity index (χ1n) is 11.6. The lowest BCUT2D eigenvalue weighted by Crippen LogP contribution is -2.48. The third-order valence-corrected chi connectivity index (χ3v) is 6.09. The highest BCUT2D eigenvalue weighted by Crippen LogP contribution is 2.22. The van der Waals surface area contributed by atoms with Crippen molar-refractivity contribution in [2.24, 2.45) is 0 Å². The van der Waals surface area contributed by atoms with Crippen LogP contribution in [0.25, 0.3) is 0 Å². The molecule has 2 amide bonds. The number of phenols is 1. The molecule has 2 heterocycles. The van der Waals surface area contributed by atoms with Crippen molar-refractivity contribution in [1.82, 2.24) is 9.80 Å². The number of halogens is 2. The van der Waals surface area contributed by atoms with E-state index in [-0.39, 0.29) is 23.3 Å². The maximum atomic E-state index is 12.0. The Morgan fingerprint density at radius 2 is 1.09 bits per heavy atom. The van der Waals surface area contributed by atoms with Gasteiger partial charge in [-0.3, -0.25) is 9.59 Å². The molecule has 8 nitrogen and oxygen atoms in total. The van der Waals surface area contributed by atoms with Crippen molar-refractivity contribution in [3.63, 3.8) is 0 Å². The van der Waals surface area contributed by atoms with Crippen molar-refractivity contribution in [2.75, 3.05) is 62.2 Å². The number of anilines is 2. The normalized spacial score (nSPS) is 16.0. The van der Waals surface area contributed by atoms with E-state index in [0.717, 1.165) is 50.6 Å². The number of hydrogen-bond acceptors (Lipinski definition) is 6. The number of hydrogen-bond donors (Lipinski definition) is 1. The SMILES string of the molecule is CC(=O)N1CCN(c2ccc(O)cc2)CC1.CC(=O)N1CCN(c2ccc(OC(F)F)cc2)CC1. The van der Waals surface area contributed by atoms with Crippen molar-refractivity contribution >= 4 is 23.2 Å². The van der Waals surface area contributed by atoms with E-state index in [1.807, 2.05) is 17.0 Å². The molecule has 0 aromatic heterocycles. The molecule has 0 saturated carbocycles. The Kier molecular flexibility index (Phi) is 9.11. The van der Waals surface area contributed by atoms with Crippen LogP contribution in [0.15, 0.2) is 48.5 Å². The average molecular weight is 491 g/mol. The Labute approximate surface area is 204 Å². The molecule has 2 saturated heterocycles.